The fourth-order valence-electron chi connectivity index (χ4n) is 3.92. The molecule has 10 heteroatoms. The summed E-state index contributed by atoms with van der Waals surface area (Å²) in [5, 5.41) is 3.67. The molecule has 0 radical (unpaired) electrons. The van der Waals surface area contributed by atoms with Crippen LogP contribution in [0.5, 0.6) is 11.5 Å². The molecule has 2 aliphatic heterocycles. The number of hydrogen-bond acceptors (Lipinski definition) is 8. The van der Waals surface area contributed by atoms with Crippen molar-refractivity contribution < 1.29 is 19.1 Å². The van der Waals surface area contributed by atoms with Crippen LogP contribution in [0.3, 0.4) is 0 Å². The van der Waals surface area contributed by atoms with Gasteiger partial charge in [-0.15, -0.1) is 0 Å². The van der Waals surface area contributed by atoms with E-state index in [4.69, 9.17) is 21.1 Å². The highest BCUT2D eigenvalue weighted by Gasteiger charge is 2.26. The standard InChI is InChI=1S/C23H19ClN4O5/c24-14-4-1-2-5-15(14)28-16-6-7-17-21(33-19(30)9-8-18(29)32-17)20(16)26-22(23(28)31)27-12-3-10-25-11-13-27/h1-2,4-9,25H,3,10-13H2/b9-8-. The number of rotatable bonds is 2. The molecule has 1 N–H and O–H groups in total. The third-order valence-corrected chi connectivity index (χ3v) is 5.75. The molecule has 1 saturated heterocycles. The number of carbonyl (C=O) groups is 2. The van der Waals surface area contributed by atoms with Crippen molar-refractivity contribution in [1.82, 2.24) is 14.9 Å². The van der Waals surface area contributed by atoms with Crippen LogP contribution in [0.1, 0.15) is 6.42 Å². The number of nitrogens with one attached hydrogen (secondary N) is 1. The molecule has 0 bridgehead atoms. The smallest absolute Gasteiger partial charge is 0.336 e. The molecule has 0 saturated carbocycles. The zero-order chi connectivity index (χ0) is 22.9. The van der Waals surface area contributed by atoms with Gasteiger partial charge in [-0.1, -0.05) is 23.7 Å². The fraction of sp³-hybridized carbons (Fsp3) is 0.217. The zero-order valence-corrected chi connectivity index (χ0v) is 18.2. The second-order valence-electron chi connectivity index (χ2n) is 7.55. The van der Waals surface area contributed by atoms with E-state index in [2.05, 4.69) is 10.3 Å². The molecule has 0 atom stereocenters. The monoisotopic (exact) mass is 466 g/mol. The number of carbonyl (C=O) groups excluding carboxylic acids is 2. The highest BCUT2D eigenvalue weighted by Crippen LogP contribution is 2.37. The summed E-state index contributed by atoms with van der Waals surface area (Å²) in [6.07, 6.45) is 2.80. The molecule has 0 amide bonds. The van der Waals surface area contributed by atoms with Gasteiger partial charge >= 0.3 is 11.9 Å². The summed E-state index contributed by atoms with van der Waals surface area (Å²) in [7, 11) is 0. The summed E-state index contributed by atoms with van der Waals surface area (Å²) < 4.78 is 12.2. The summed E-state index contributed by atoms with van der Waals surface area (Å²) in [6.45, 7) is 2.71. The van der Waals surface area contributed by atoms with E-state index in [1.54, 1.807) is 30.3 Å². The number of hydrogen-bond donors (Lipinski definition) is 1. The second-order valence-corrected chi connectivity index (χ2v) is 7.96. The number of benzene rings is 2. The second kappa shape index (κ2) is 8.68. The maximum atomic E-state index is 13.7. The van der Waals surface area contributed by atoms with Gasteiger partial charge in [0.1, 0.15) is 5.52 Å². The van der Waals surface area contributed by atoms with Crippen LogP contribution in [0.15, 0.2) is 53.3 Å². The molecular formula is C23H19ClN4O5. The van der Waals surface area contributed by atoms with Crippen molar-refractivity contribution in [2.75, 3.05) is 31.1 Å². The van der Waals surface area contributed by atoms with E-state index < -0.39 is 11.9 Å². The van der Waals surface area contributed by atoms with Gasteiger partial charge in [0, 0.05) is 31.8 Å². The van der Waals surface area contributed by atoms with Gasteiger partial charge in [0.25, 0.3) is 5.56 Å². The fourth-order valence-corrected chi connectivity index (χ4v) is 4.14. The first-order valence-electron chi connectivity index (χ1n) is 10.4. The topological polar surface area (TPSA) is 103 Å². The molecule has 3 heterocycles. The van der Waals surface area contributed by atoms with Crippen molar-refractivity contribution in [2.24, 2.45) is 0 Å². The summed E-state index contributed by atoms with van der Waals surface area (Å²) in [5.41, 5.74) is 0.666. The average molecular weight is 467 g/mol. The predicted molar refractivity (Wildman–Crippen MR) is 122 cm³/mol. The van der Waals surface area contributed by atoms with Gasteiger partial charge in [0.15, 0.2) is 11.6 Å². The normalized spacial score (nSPS) is 17.4. The van der Waals surface area contributed by atoms with Crippen LogP contribution >= 0.6 is 11.6 Å². The number of aromatic nitrogens is 2. The van der Waals surface area contributed by atoms with E-state index >= 15 is 0 Å². The molecule has 5 rings (SSSR count). The van der Waals surface area contributed by atoms with Crippen molar-refractivity contribution >= 4 is 40.4 Å². The molecule has 168 valence electrons. The zero-order valence-electron chi connectivity index (χ0n) is 17.4. The number of esters is 2. The maximum absolute atomic E-state index is 13.7. The molecule has 2 aliphatic rings. The Morgan fingerprint density at radius 3 is 2.55 bits per heavy atom. The number of para-hydroxylation sites is 1. The molecule has 0 unspecified atom stereocenters. The summed E-state index contributed by atoms with van der Waals surface area (Å²) in [4.78, 5) is 44.5. The Bertz CT molecular complexity index is 1360. The first-order valence-corrected chi connectivity index (χ1v) is 10.8. The first-order chi connectivity index (χ1) is 16.0. The van der Waals surface area contributed by atoms with Gasteiger partial charge in [0.2, 0.25) is 5.75 Å². The number of halogens is 1. The van der Waals surface area contributed by atoms with Crippen molar-refractivity contribution in [2.45, 2.75) is 6.42 Å². The Labute approximate surface area is 193 Å². The minimum atomic E-state index is -0.752. The van der Waals surface area contributed by atoms with Crippen molar-refractivity contribution in [1.29, 1.82) is 0 Å². The van der Waals surface area contributed by atoms with Crippen LogP contribution < -0.4 is 25.2 Å². The van der Waals surface area contributed by atoms with Crippen molar-refractivity contribution in [3.63, 3.8) is 0 Å². The molecule has 0 aliphatic carbocycles. The predicted octanol–water partition coefficient (Wildman–Crippen LogP) is 2.22. The lowest BCUT2D eigenvalue weighted by Crippen LogP contribution is -2.36. The number of fused-ring (bicyclic) bond motifs is 3. The molecule has 1 aromatic heterocycles. The molecular weight excluding hydrogens is 448 g/mol. The summed E-state index contributed by atoms with van der Waals surface area (Å²) in [6, 6.07) is 10.0. The molecule has 1 fully saturated rings. The van der Waals surface area contributed by atoms with Crippen LogP contribution in [0.25, 0.3) is 16.7 Å². The van der Waals surface area contributed by atoms with E-state index in [0.29, 0.717) is 35.9 Å². The number of anilines is 1. The minimum absolute atomic E-state index is 0.0329. The average Bonchev–Trinajstić information content (AvgIpc) is 3.08. The SMILES string of the molecule is O=C1/C=C\C(=O)Oc2c(ccc3c2nc(N2CCCNCC2)c(=O)n3-c2ccccc2Cl)O1. The van der Waals surface area contributed by atoms with Gasteiger partial charge in [-0.2, -0.15) is 0 Å². The molecule has 33 heavy (non-hydrogen) atoms. The van der Waals surface area contributed by atoms with E-state index in [9.17, 15) is 14.4 Å². The Hall–Kier alpha value is -3.69. The largest absolute Gasteiger partial charge is 0.419 e. The van der Waals surface area contributed by atoms with Crippen LogP contribution in [-0.2, 0) is 9.59 Å². The Morgan fingerprint density at radius 2 is 1.73 bits per heavy atom. The van der Waals surface area contributed by atoms with Gasteiger partial charge in [-0.05, 0) is 37.2 Å². The van der Waals surface area contributed by atoms with Crippen molar-refractivity contribution in [3.8, 4) is 17.2 Å². The quantitative estimate of drug-likeness (QED) is 0.453. The minimum Gasteiger partial charge on any atom is -0.419 e. The van der Waals surface area contributed by atoms with E-state index in [1.807, 2.05) is 4.90 Å². The first kappa shape index (κ1) is 21.2. The van der Waals surface area contributed by atoms with Gasteiger partial charge < -0.3 is 19.7 Å². The van der Waals surface area contributed by atoms with Gasteiger partial charge in [-0.25, -0.2) is 14.6 Å². The lowest BCUT2D eigenvalue weighted by Gasteiger charge is -2.23. The lowest BCUT2D eigenvalue weighted by atomic mass is 10.2. The third-order valence-electron chi connectivity index (χ3n) is 5.43. The van der Waals surface area contributed by atoms with E-state index in [0.717, 1.165) is 25.1 Å². The molecule has 2 aromatic carbocycles. The Kier molecular flexibility index (Phi) is 5.57. The van der Waals surface area contributed by atoms with Crippen LogP contribution in [0, 0.1) is 0 Å². The van der Waals surface area contributed by atoms with E-state index in [1.165, 1.54) is 10.6 Å². The van der Waals surface area contributed by atoms with E-state index in [-0.39, 0.29) is 28.4 Å². The van der Waals surface area contributed by atoms with Crippen LogP contribution in [-0.4, -0.2) is 47.7 Å². The van der Waals surface area contributed by atoms with Crippen LogP contribution in [0.4, 0.5) is 5.82 Å². The summed E-state index contributed by atoms with van der Waals surface area (Å²) >= 11 is 6.46. The molecule has 9 nitrogen and oxygen atoms in total. The highest BCUT2D eigenvalue weighted by molar-refractivity contribution is 6.32. The molecule has 0 spiro atoms. The van der Waals surface area contributed by atoms with Crippen molar-refractivity contribution in [3.05, 3.63) is 63.9 Å². The molecule has 3 aromatic rings. The van der Waals surface area contributed by atoms with Gasteiger partial charge in [0.05, 0.1) is 16.2 Å². The third kappa shape index (κ3) is 3.96. The highest BCUT2D eigenvalue weighted by atomic mass is 35.5. The van der Waals surface area contributed by atoms with Crippen LogP contribution in [0.2, 0.25) is 5.02 Å². The number of nitrogens with zero attached hydrogens (tertiary/aromatic N) is 3. The lowest BCUT2D eigenvalue weighted by molar-refractivity contribution is -0.133. The summed E-state index contributed by atoms with van der Waals surface area (Å²) in [5.74, 6) is -1.28. The Balaban J connectivity index is 1.84. The number of ether oxygens (including phenoxy) is 2. The maximum Gasteiger partial charge on any atom is 0.336 e. The Morgan fingerprint density at radius 1 is 0.939 bits per heavy atom. The van der Waals surface area contributed by atoms with Gasteiger partial charge in [-0.3, -0.25) is 9.36 Å².